The summed E-state index contributed by atoms with van der Waals surface area (Å²) in [5.74, 6) is 1.37. The number of carbonyl (C=O) groups excluding carboxylic acids is 1. The number of hydrogen-bond acceptors (Lipinski definition) is 3. The van der Waals surface area contributed by atoms with Crippen molar-refractivity contribution in [3.63, 3.8) is 0 Å². The molecule has 1 amide bonds. The van der Waals surface area contributed by atoms with Crippen molar-refractivity contribution in [2.75, 3.05) is 7.11 Å². The fraction of sp³-hybridized carbons (Fsp3) is 0.238. The molecule has 1 unspecified atom stereocenters. The third-order valence-electron chi connectivity index (χ3n) is 4.45. The van der Waals surface area contributed by atoms with E-state index in [1.165, 1.54) is 0 Å². The number of benzene rings is 2. The fourth-order valence-electron chi connectivity index (χ4n) is 3.05. The molecule has 0 aliphatic rings. The summed E-state index contributed by atoms with van der Waals surface area (Å²) in [7, 11) is 3.54. The zero-order chi connectivity index (χ0) is 18.7. The molecule has 3 aromatic rings. The number of rotatable bonds is 5. The summed E-state index contributed by atoms with van der Waals surface area (Å²) in [5.41, 5.74) is 3.66. The maximum Gasteiger partial charge on any atom is 0.252 e. The van der Waals surface area contributed by atoms with E-state index in [-0.39, 0.29) is 11.9 Å². The molecule has 0 aliphatic heterocycles. The third kappa shape index (κ3) is 3.61. The molecule has 2 aromatic carbocycles. The Morgan fingerprint density at radius 1 is 1.19 bits per heavy atom. The summed E-state index contributed by atoms with van der Waals surface area (Å²) in [5, 5.41) is 3.13. The van der Waals surface area contributed by atoms with E-state index in [2.05, 4.69) is 10.3 Å². The lowest BCUT2D eigenvalue weighted by atomic mass is 10.0. The van der Waals surface area contributed by atoms with Crippen LogP contribution in [0.2, 0.25) is 0 Å². The largest absolute Gasteiger partial charge is 0.497 e. The topological polar surface area (TPSA) is 56.1 Å². The lowest BCUT2D eigenvalue weighted by Crippen LogP contribution is -2.31. The maximum atomic E-state index is 12.9. The molecular formula is C21H23N3O2. The van der Waals surface area contributed by atoms with Crippen LogP contribution in [0.1, 0.15) is 38.9 Å². The highest BCUT2D eigenvalue weighted by molar-refractivity contribution is 5.96. The lowest BCUT2D eigenvalue weighted by Gasteiger charge is -2.20. The first-order valence-corrected chi connectivity index (χ1v) is 8.49. The van der Waals surface area contributed by atoms with Crippen LogP contribution in [0.4, 0.5) is 0 Å². The molecule has 1 N–H and O–H groups in total. The molecule has 0 saturated carbocycles. The van der Waals surface area contributed by atoms with E-state index in [0.29, 0.717) is 5.56 Å². The predicted molar refractivity (Wildman–Crippen MR) is 101 cm³/mol. The molecule has 5 nitrogen and oxygen atoms in total. The number of nitrogens with zero attached hydrogens (tertiary/aromatic N) is 2. The molecule has 1 aromatic heterocycles. The molecule has 26 heavy (non-hydrogen) atoms. The molecule has 5 heteroatoms. The van der Waals surface area contributed by atoms with E-state index in [1.54, 1.807) is 13.3 Å². The molecule has 134 valence electrons. The van der Waals surface area contributed by atoms with Gasteiger partial charge in [-0.15, -0.1) is 0 Å². The van der Waals surface area contributed by atoms with Gasteiger partial charge in [0.1, 0.15) is 17.6 Å². The summed E-state index contributed by atoms with van der Waals surface area (Å²) in [6, 6.07) is 13.1. The van der Waals surface area contributed by atoms with Crippen LogP contribution >= 0.6 is 0 Å². The number of methoxy groups -OCH3 is 1. The second-order valence-electron chi connectivity index (χ2n) is 6.40. The summed E-state index contributed by atoms with van der Waals surface area (Å²) in [4.78, 5) is 17.4. The smallest absolute Gasteiger partial charge is 0.252 e. The number of nitrogens with one attached hydrogen (secondary N) is 1. The van der Waals surface area contributed by atoms with Crippen LogP contribution in [-0.4, -0.2) is 22.6 Å². The van der Waals surface area contributed by atoms with Gasteiger partial charge in [0, 0.05) is 25.0 Å². The standard InChI is InChI=1S/C21H23N3O2/c1-14-8-9-18(15(2)12-14)21(25)23-19(20-22-10-11-24(20)3)16-6-5-7-17(13-16)26-4/h5-13,19H,1-4H3,(H,23,25). The van der Waals surface area contributed by atoms with Gasteiger partial charge >= 0.3 is 0 Å². The Bertz CT molecular complexity index is 931. The van der Waals surface area contributed by atoms with Crippen LogP contribution in [0.15, 0.2) is 54.9 Å². The van der Waals surface area contributed by atoms with E-state index in [4.69, 9.17) is 4.74 Å². The quantitative estimate of drug-likeness (QED) is 0.766. The van der Waals surface area contributed by atoms with Gasteiger partial charge in [0.25, 0.3) is 5.91 Å². The Hall–Kier alpha value is -3.08. The molecule has 3 rings (SSSR count). The number of ether oxygens (including phenoxy) is 1. The molecule has 0 fully saturated rings. The number of amides is 1. The van der Waals surface area contributed by atoms with Crippen molar-refractivity contribution in [2.24, 2.45) is 7.05 Å². The highest BCUT2D eigenvalue weighted by Crippen LogP contribution is 2.25. The summed E-state index contributed by atoms with van der Waals surface area (Å²) in [6.45, 7) is 3.96. The zero-order valence-corrected chi connectivity index (χ0v) is 15.5. The Morgan fingerprint density at radius 2 is 2.00 bits per heavy atom. The van der Waals surface area contributed by atoms with Crippen LogP contribution in [0.25, 0.3) is 0 Å². The maximum absolute atomic E-state index is 12.9. The van der Waals surface area contributed by atoms with Crippen molar-refractivity contribution < 1.29 is 9.53 Å². The minimum absolute atomic E-state index is 0.127. The lowest BCUT2D eigenvalue weighted by molar-refractivity contribution is 0.0940. The summed E-state index contributed by atoms with van der Waals surface area (Å²) in [6.07, 6.45) is 3.59. The average molecular weight is 349 g/mol. The number of hydrogen-bond donors (Lipinski definition) is 1. The van der Waals surface area contributed by atoms with Crippen LogP contribution in [0.3, 0.4) is 0 Å². The van der Waals surface area contributed by atoms with Crippen molar-refractivity contribution in [2.45, 2.75) is 19.9 Å². The number of imidazole rings is 1. The van der Waals surface area contributed by atoms with Gasteiger partial charge in [-0.2, -0.15) is 0 Å². The van der Waals surface area contributed by atoms with Crippen LogP contribution < -0.4 is 10.1 Å². The number of aromatic nitrogens is 2. The van der Waals surface area contributed by atoms with Crippen LogP contribution in [-0.2, 0) is 7.05 Å². The second-order valence-corrected chi connectivity index (χ2v) is 6.40. The van der Waals surface area contributed by atoms with Crippen molar-refractivity contribution in [3.05, 3.63) is 82.9 Å². The molecule has 0 spiro atoms. The van der Waals surface area contributed by atoms with E-state index in [9.17, 15) is 4.79 Å². The first-order valence-electron chi connectivity index (χ1n) is 8.49. The van der Waals surface area contributed by atoms with E-state index in [1.807, 2.05) is 74.1 Å². The second kappa shape index (κ2) is 7.44. The summed E-state index contributed by atoms with van der Waals surface area (Å²) >= 11 is 0. The average Bonchev–Trinajstić information content (AvgIpc) is 3.05. The van der Waals surface area contributed by atoms with E-state index >= 15 is 0 Å². The molecular weight excluding hydrogens is 326 g/mol. The Morgan fingerprint density at radius 3 is 2.65 bits per heavy atom. The van der Waals surface area contributed by atoms with Gasteiger partial charge in [0.15, 0.2) is 0 Å². The van der Waals surface area contributed by atoms with Crippen molar-refractivity contribution in [1.29, 1.82) is 0 Å². The molecule has 1 heterocycles. The molecule has 0 radical (unpaired) electrons. The van der Waals surface area contributed by atoms with Gasteiger partial charge in [0.05, 0.1) is 7.11 Å². The van der Waals surface area contributed by atoms with Gasteiger partial charge in [-0.3, -0.25) is 4.79 Å². The monoisotopic (exact) mass is 349 g/mol. The normalized spacial score (nSPS) is 11.8. The third-order valence-corrected chi connectivity index (χ3v) is 4.45. The molecule has 0 aliphatic carbocycles. The van der Waals surface area contributed by atoms with Gasteiger partial charge < -0.3 is 14.6 Å². The predicted octanol–water partition coefficient (Wildman–Crippen LogP) is 3.56. The van der Waals surface area contributed by atoms with Crippen molar-refractivity contribution in [1.82, 2.24) is 14.9 Å². The SMILES string of the molecule is COc1cccc(C(NC(=O)c2ccc(C)cc2C)c2nccn2C)c1. The van der Waals surface area contributed by atoms with Crippen molar-refractivity contribution >= 4 is 5.91 Å². The molecule has 0 saturated heterocycles. The van der Waals surface area contributed by atoms with Gasteiger partial charge in [-0.05, 0) is 43.2 Å². The van der Waals surface area contributed by atoms with Gasteiger partial charge in [0.2, 0.25) is 0 Å². The Balaban J connectivity index is 1.98. The minimum Gasteiger partial charge on any atom is -0.497 e. The van der Waals surface area contributed by atoms with Crippen LogP contribution in [0, 0.1) is 13.8 Å². The molecule has 1 atom stereocenters. The van der Waals surface area contributed by atoms with Crippen LogP contribution in [0.5, 0.6) is 5.75 Å². The van der Waals surface area contributed by atoms with Gasteiger partial charge in [-0.25, -0.2) is 4.98 Å². The first-order chi connectivity index (χ1) is 12.5. The van der Waals surface area contributed by atoms with Crippen molar-refractivity contribution in [3.8, 4) is 5.75 Å². The highest BCUT2D eigenvalue weighted by atomic mass is 16.5. The Labute approximate surface area is 153 Å². The van der Waals surface area contributed by atoms with Gasteiger partial charge in [-0.1, -0.05) is 29.8 Å². The summed E-state index contributed by atoms with van der Waals surface area (Å²) < 4.78 is 7.24. The number of aryl methyl sites for hydroxylation is 3. The number of carbonyl (C=O) groups is 1. The highest BCUT2D eigenvalue weighted by Gasteiger charge is 2.22. The Kier molecular flexibility index (Phi) is 5.07. The van der Waals surface area contributed by atoms with E-state index < -0.39 is 0 Å². The van der Waals surface area contributed by atoms with E-state index in [0.717, 1.165) is 28.3 Å². The minimum atomic E-state index is -0.377. The first kappa shape index (κ1) is 17.7. The fourth-order valence-corrected chi connectivity index (χ4v) is 3.05. The molecule has 0 bridgehead atoms. The zero-order valence-electron chi connectivity index (χ0n) is 15.5.